The van der Waals surface area contributed by atoms with Crippen molar-refractivity contribution in [3.8, 4) is 22.8 Å². The van der Waals surface area contributed by atoms with Crippen molar-refractivity contribution in [3.63, 3.8) is 0 Å². The summed E-state index contributed by atoms with van der Waals surface area (Å²) in [5.41, 5.74) is 10.2. The van der Waals surface area contributed by atoms with Crippen LogP contribution in [0.2, 0.25) is 0 Å². The molecule has 4 aromatic heterocycles. The van der Waals surface area contributed by atoms with E-state index >= 15 is 0 Å². The van der Waals surface area contributed by atoms with Gasteiger partial charge in [-0.2, -0.15) is 20.4 Å². The standard InChI is InChI=1S/C17H17F2N5O2S.C16H15F2N5.CH3ClO2S/c1-9(23-27(2,25)26)14-5-10(8-20-22-14)17-21-15-6-12(18)13(19)7-16(15)24(17)11-3-4-11;1-8(19)13-4-9(7-20-22-13)16-21-14-5-11(17)12(18)6-15(14)23(16)10-2-3-10;1-5(2,3)4/h5-9,11,23H,3-4H2,1-2H3;4-8,10H,2-3,19H2,1H3;1H3. The van der Waals surface area contributed by atoms with Gasteiger partial charge in [0.1, 0.15) is 11.6 Å². The molecule has 4 heterocycles. The lowest BCUT2D eigenvalue weighted by Crippen LogP contribution is -2.26. The molecule has 3 N–H and O–H groups in total. The smallest absolute Gasteiger partial charge is 0.229 e. The average molecular weight is 823 g/mol. The Kier molecular flexibility index (Phi) is 11.3. The van der Waals surface area contributed by atoms with E-state index in [4.69, 9.17) is 5.73 Å². The van der Waals surface area contributed by atoms with E-state index in [1.165, 1.54) is 12.3 Å². The number of hydrogen-bond donors (Lipinski definition) is 2. The van der Waals surface area contributed by atoms with Gasteiger partial charge in [-0.15, -0.1) is 0 Å². The van der Waals surface area contributed by atoms with Crippen molar-refractivity contribution in [2.45, 2.75) is 63.7 Å². The number of halogens is 5. The first-order valence-corrected chi connectivity index (χ1v) is 21.4. The Hall–Kier alpha value is -4.63. The third-order valence-corrected chi connectivity index (χ3v) is 9.23. The van der Waals surface area contributed by atoms with E-state index in [9.17, 15) is 34.4 Å². The molecular formula is C34H35ClF4N10O4S2. The molecule has 0 bridgehead atoms. The average Bonchev–Trinajstić information content (AvgIpc) is 4.04. The SMILES string of the molecule is CC(N)c1cc(-c2nc3cc(F)c(F)cc3n2C2CC2)cnn1.CC(NS(C)(=O)=O)c1cc(-c2nc3cc(F)c(F)cc3n2C2CC2)cnn1.CS(=O)(=O)Cl. The van der Waals surface area contributed by atoms with Crippen LogP contribution in [0, 0.1) is 23.3 Å². The van der Waals surface area contributed by atoms with Gasteiger partial charge in [-0.25, -0.2) is 49.1 Å². The number of rotatable bonds is 8. The maximum Gasteiger partial charge on any atom is 0.229 e. The van der Waals surface area contributed by atoms with Gasteiger partial charge in [-0.1, -0.05) is 0 Å². The molecule has 2 aromatic carbocycles. The Balaban J connectivity index is 0.000000168. The molecule has 2 saturated carbocycles. The van der Waals surface area contributed by atoms with Crippen molar-refractivity contribution < 1.29 is 34.4 Å². The fourth-order valence-corrected chi connectivity index (χ4v) is 6.58. The van der Waals surface area contributed by atoms with E-state index in [1.54, 1.807) is 19.2 Å². The Morgan fingerprint density at radius 3 is 1.47 bits per heavy atom. The number of aromatic nitrogens is 8. The van der Waals surface area contributed by atoms with E-state index in [-0.39, 0.29) is 18.1 Å². The molecule has 2 atom stereocenters. The van der Waals surface area contributed by atoms with E-state index in [1.807, 2.05) is 22.1 Å². The second kappa shape index (κ2) is 15.5. The molecule has 2 unspecified atom stereocenters. The first kappa shape index (κ1) is 40.0. The molecule has 0 saturated heterocycles. The summed E-state index contributed by atoms with van der Waals surface area (Å²) in [7, 11) is -2.10. The van der Waals surface area contributed by atoms with Crippen LogP contribution in [0.25, 0.3) is 44.8 Å². The molecule has 0 amide bonds. The van der Waals surface area contributed by atoms with Crippen molar-refractivity contribution in [2.75, 3.05) is 12.5 Å². The maximum atomic E-state index is 13.7. The van der Waals surface area contributed by atoms with E-state index < -0.39 is 48.4 Å². The minimum Gasteiger partial charge on any atom is -0.323 e. The first-order chi connectivity index (χ1) is 25.8. The van der Waals surface area contributed by atoms with Crippen LogP contribution >= 0.6 is 10.7 Å². The molecule has 6 aromatic rings. The number of nitrogens with two attached hydrogens (primary N) is 1. The zero-order valence-electron chi connectivity index (χ0n) is 29.8. The quantitative estimate of drug-likeness (QED) is 0.135. The lowest BCUT2D eigenvalue weighted by Gasteiger charge is -2.12. The topological polar surface area (TPSA) is 194 Å². The number of hydrogen-bond acceptors (Lipinski definition) is 11. The Morgan fingerprint density at radius 1 is 0.709 bits per heavy atom. The highest BCUT2D eigenvalue weighted by atomic mass is 35.7. The molecule has 55 heavy (non-hydrogen) atoms. The number of nitrogens with zero attached hydrogens (tertiary/aromatic N) is 8. The minimum absolute atomic E-state index is 0.165. The highest BCUT2D eigenvalue weighted by molar-refractivity contribution is 8.13. The van der Waals surface area contributed by atoms with Gasteiger partial charge in [-0.05, 0) is 51.7 Å². The summed E-state index contributed by atoms with van der Waals surface area (Å²) in [6, 6.07) is 7.67. The van der Waals surface area contributed by atoms with Crippen molar-refractivity contribution in [1.29, 1.82) is 0 Å². The van der Waals surface area contributed by atoms with Crippen molar-refractivity contribution in [1.82, 2.24) is 44.2 Å². The van der Waals surface area contributed by atoms with Crippen LogP contribution in [-0.4, -0.2) is 68.8 Å². The maximum absolute atomic E-state index is 13.7. The summed E-state index contributed by atoms with van der Waals surface area (Å²) < 4.78 is 103. The van der Waals surface area contributed by atoms with Gasteiger partial charge in [0.2, 0.25) is 19.1 Å². The highest BCUT2D eigenvalue weighted by Crippen LogP contribution is 2.43. The van der Waals surface area contributed by atoms with Gasteiger partial charge in [0, 0.05) is 64.2 Å². The van der Waals surface area contributed by atoms with Gasteiger partial charge >= 0.3 is 0 Å². The van der Waals surface area contributed by atoms with Gasteiger partial charge in [0.25, 0.3) is 0 Å². The molecular weight excluding hydrogens is 788 g/mol. The van der Waals surface area contributed by atoms with Gasteiger partial charge in [0.05, 0.1) is 64.4 Å². The van der Waals surface area contributed by atoms with Crippen LogP contribution < -0.4 is 10.5 Å². The largest absolute Gasteiger partial charge is 0.323 e. The van der Waals surface area contributed by atoms with Crippen molar-refractivity contribution >= 4 is 51.8 Å². The molecule has 2 aliphatic carbocycles. The molecule has 21 heteroatoms. The highest BCUT2D eigenvalue weighted by Gasteiger charge is 2.31. The van der Waals surface area contributed by atoms with Crippen LogP contribution in [0.3, 0.4) is 0 Å². The zero-order chi connectivity index (χ0) is 40.0. The molecule has 8 rings (SSSR count). The summed E-state index contributed by atoms with van der Waals surface area (Å²) in [6.07, 6.45) is 8.93. The van der Waals surface area contributed by atoms with Gasteiger partial charge in [-0.3, -0.25) is 0 Å². The molecule has 292 valence electrons. The zero-order valence-corrected chi connectivity index (χ0v) is 32.1. The van der Waals surface area contributed by atoms with Crippen LogP contribution in [-0.2, 0) is 19.1 Å². The Morgan fingerprint density at radius 2 is 1.09 bits per heavy atom. The van der Waals surface area contributed by atoms with Gasteiger partial charge in [0.15, 0.2) is 23.3 Å². The van der Waals surface area contributed by atoms with E-state index in [0.29, 0.717) is 50.7 Å². The summed E-state index contributed by atoms with van der Waals surface area (Å²) >= 11 is 0. The Labute approximate surface area is 317 Å². The number of imidazole rings is 2. The number of benzene rings is 2. The third-order valence-electron chi connectivity index (χ3n) is 8.45. The second-order valence-electron chi connectivity index (χ2n) is 13.4. The fraction of sp³-hybridized carbons (Fsp3) is 0.353. The first-order valence-electron chi connectivity index (χ1n) is 16.8. The third kappa shape index (κ3) is 9.79. The molecule has 2 aliphatic rings. The molecule has 2 fully saturated rings. The summed E-state index contributed by atoms with van der Waals surface area (Å²) in [5, 5.41) is 15.9. The Bertz CT molecular complexity index is 2630. The number of sulfonamides is 1. The fourth-order valence-electron chi connectivity index (χ4n) is 5.82. The predicted molar refractivity (Wildman–Crippen MR) is 198 cm³/mol. The molecule has 0 radical (unpaired) electrons. The second-order valence-corrected chi connectivity index (χ2v) is 18.2. The van der Waals surface area contributed by atoms with E-state index in [0.717, 1.165) is 62.0 Å². The monoisotopic (exact) mass is 822 g/mol. The lowest BCUT2D eigenvalue weighted by atomic mass is 10.2. The summed E-state index contributed by atoms with van der Waals surface area (Å²) in [4.78, 5) is 8.97. The number of fused-ring (bicyclic) bond motifs is 2. The molecule has 0 spiro atoms. The normalized spacial score (nSPS) is 15.6. The van der Waals surface area contributed by atoms with Crippen molar-refractivity contribution in [2.24, 2.45) is 5.73 Å². The summed E-state index contributed by atoms with van der Waals surface area (Å²) in [6.45, 7) is 3.48. The summed E-state index contributed by atoms with van der Waals surface area (Å²) in [5.74, 6) is -2.46. The minimum atomic E-state index is -3.41. The van der Waals surface area contributed by atoms with Crippen LogP contribution in [0.1, 0.15) is 75.1 Å². The molecule has 14 nitrogen and oxygen atoms in total. The lowest BCUT2D eigenvalue weighted by molar-refractivity contribution is 0.510. The van der Waals surface area contributed by atoms with Crippen molar-refractivity contribution in [3.05, 3.63) is 83.4 Å². The van der Waals surface area contributed by atoms with Crippen LogP contribution in [0.5, 0.6) is 0 Å². The van der Waals surface area contributed by atoms with Gasteiger partial charge < -0.3 is 14.9 Å². The predicted octanol–water partition coefficient (Wildman–Crippen LogP) is 6.03. The number of nitrogens with one attached hydrogen (secondary N) is 1. The van der Waals surface area contributed by atoms with E-state index in [2.05, 4.69) is 45.8 Å². The van der Waals surface area contributed by atoms with Crippen LogP contribution in [0.4, 0.5) is 17.6 Å². The van der Waals surface area contributed by atoms with Crippen LogP contribution in [0.15, 0.2) is 48.8 Å². The molecule has 0 aliphatic heterocycles.